The molecule has 0 aromatic rings. The van der Waals surface area contributed by atoms with Crippen molar-refractivity contribution in [2.24, 2.45) is 35.0 Å². The molecule has 4 aliphatic carbocycles. The van der Waals surface area contributed by atoms with E-state index in [2.05, 4.69) is 19.8 Å². The van der Waals surface area contributed by atoms with E-state index in [-0.39, 0.29) is 5.41 Å². The van der Waals surface area contributed by atoms with Gasteiger partial charge in [0, 0.05) is 11.8 Å². The van der Waals surface area contributed by atoms with Gasteiger partial charge in [0.25, 0.3) is 0 Å². The molecule has 0 amide bonds. The molecule has 23 heavy (non-hydrogen) atoms. The van der Waals surface area contributed by atoms with Gasteiger partial charge in [0.1, 0.15) is 5.60 Å². The van der Waals surface area contributed by atoms with E-state index in [1.165, 1.54) is 5.57 Å². The molecule has 0 aliphatic heterocycles. The summed E-state index contributed by atoms with van der Waals surface area (Å²) in [4.78, 5) is 11.8. The summed E-state index contributed by atoms with van der Waals surface area (Å²) in [5.74, 6) is 6.17. The van der Waals surface area contributed by atoms with Crippen LogP contribution in [0.5, 0.6) is 0 Å². The third kappa shape index (κ3) is 1.96. The summed E-state index contributed by atoms with van der Waals surface area (Å²) in [5.41, 5.74) is 0.382. The van der Waals surface area contributed by atoms with Gasteiger partial charge in [0.05, 0.1) is 0 Å². The molecule has 0 aromatic carbocycles. The minimum absolute atomic E-state index is 0.122. The van der Waals surface area contributed by atoms with Crippen LogP contribution in [0.2, 0.25) is 0 Å². The molecule has 0 aromatic heterocycles. The first-order valence-corrected chi connectivity index (χ1v) is 9.33. The van der Waals surface area contributed by atoms with Crippen LogP contribution in [0.4, 0.5) is 0 Å². The lowest BCUT2D eigenvalue weighted by Crippen LogP contribution is -2.53. The van der Waals surface area contributed by atoms with Crippen LogP contribution in [-0.4, -0.2) is 16.5 Å². The van der Waals surface area contributed by atoms with Gasteiger partial charge in [-0.1, -0.05) is 25.3 Å². The highest BCUT2D eigenvalue weighted by Gasteiger charge is 2.62. The molecule has 0 saturated heterocycles. The quantitative estimate of drug-likeness (QED) is 0.692. The van der Waals surface area contributed by atoms with E-state index in [1.807, 2.05) is 6.08 Å². The number of hydrogen-bond acceptors (Lipinski definition) is 2. The van der Waals surface area contributed by atoms with Crippen LogP contribution in [-0.2, 0) is 4.79 Å². The summed E-state index contributed by atoms with van der Waals surface area (Å²) >= 11 is 0. The number of carbonyl (C=O) groups is 1. The van der Waals surface area contributed by atoms with Crippen molar-refractivity contribution >= 4 is 5.78 Å². The van der Waals surface area contributed by atoms with E-state index in [4.69, 9.17) is 6.42 Å². The van der Waals surface area contributed by atoms with Crippen LogP contribution in [0.15, 0.2) is 11.6 Å². The van der Waals surface area contributed by atoms with Crippen molar-refractivity contribution in [3.05, 3.63) is 11.6 Å². The van der Waals surface area contributed by atoms with Crippen LogP contribution in [0.25, 0.3) is 0 Å². The van der Waals surface area contributed by atoms with Gasteiger partial charge >= 0.3 is 0 Å². The first-order valence-electron chi connectivity index (χ1n) is 9.33. The molecule has 3 fully saturated rings. The van der Waals surface area contributed by atoms with Crippen molar-refractivity contribution in [1.29, 1.82) is 0 Å². The van der Waals surface area contributed by atoms with Crippen molar-refractivity contribution < 1.29 is 9.90 Å². The molecule has 0 spiro atoms. The SMILES string of the molecule is C#C[C@]1(O)CC[C@@H]2[C@H]3[C@H](CC[C@@]21C)[C@H]1CCC(=O)C=C1C[C@H]3C. The standard InChI is InChI=1S/C21H28O2/c1-4-21(23)10-8-18-19-13(2)11-14-12-15(22)5-6-16(14)17(19)7-9-20(18,21)3/h1,12-13,16-19,23H,5-11H2,2-3H3/t13-,16+,17-,18-,19-,20+,21+/m1/s1. The van der Waals surface area contributed by atoms with Gasteiger partial charge in [-0.25, -0.2) is 0 Å². The van der Waals surface area contributed by atoms with Gasteiger partial charge < -0.3 is 5.11 Å². The minimum Gasteiger partial charge on any atom is -0.377 e. The number of allylic oxidation sites excluding steroid dienone is 1. The second-order valence-electron chi connectivity index (χ2n) is 8.86. The molecule has 4 aliphatic rings. The Labute approximate surface area is 139 Å². The monoisotopic (exact) mass is 312 g/mol. The molecule has 0 unspecified atom stereocenters. The van der Waals surface area contributed by atoms with Crippen molar-refractivity contribution in [1.82, 2.24) is 0 Å². The third-order valence-electron chi connectivity index (χ3n) is 8.03. The minimum atomic E-state index is -0.916. The first kappa shape index (κ1) is 15.5. The summed E-state index contributed by atoms with van der Waals surface area (Å²) in [7, 11) is 0. The van der Waals surface area contributed by atoms with Gasteiger partial charge in [0.2, 0.25) is 0 Å². The average Bonchev–Trinajstić information content (AvgIpc) is 2.79. The molecule has 4 rings (SSSR count). The molecule has 2 heteroatoms. The predicted molar refractivity (Wildman–Crippen MR) is 90.4 cm³/mol. The summed E-state index contributed by atoms with van der Waals surface area (Å²) in [5, 5.41) is 11.0. The lowest BCUT2D eigenvalue weighted by atomic mass is 9.48. The first-order chi connectivity index (χ1) is 10.9. The molecule has 124 valence electrons. The Kier molecular flexibility index (Phi) is 3.34. The molecule has 0 heterocycles. The Morgan fingerprint density at radius 3 is 2.83 bits per heavy atom. The number of terminal acetylenes is 1. The lowest BCUT2D eigenvalue weighted by Gasteiger charge is -2.56. The summed E-state index contributed by atoms with van der Waals surface area (Å²) in [6.45, 7) is 4.59. The van der Waals surface area contributed by atoms with Gasteiger partial charge in [-0.05, 0) is 74.2 Å². The molecular formula is C21H28O2. The van der Waals surface area contributed by atoms with E-state index in [0.717, 1.165) is 44.9 Å². The Balaban J connectivity index is 1.70. The van der Waals surface area contributed by atoms with Crippen LogP contribution in [0, 0.1) is 47.3 Å². The maximum absolute atomic E-state index is 11.8. The van der Waals surface area contributed by atoms with Crippen LogP contribution in [0.3, 0.4) is 0 Å². The molecule has 0 radical (unpaired) electrons. The molecule has 7 atom stereocenters. The van der Waals surface area contributed by atoms with E-state index in [1.54, 1.807) is 0 Å². The maximum Gasteiger partial charge on any atom is 0.155 e. The lowest BCUT2D eigenvalue weighted by molar-refractivity contribution is -0.117. The van der Waals surface area contributed by atoms with Crippen molar-refractivity contribution in [3.63, 3.8) is 0 Å². The van der Waals surface area contributed by atoms with E-state index in [9.17, 15) is 9.90 Å². The Bertz CT molecular complexity index is 612. The van der Waals surface area contributed by atoms with Crippen LogP contribution >= 0.6 is 0 Å². The highest BCUT2D eigenvalue weighted by molar-refractivity contribution is 5.91. The smallest absolute Gasteiger partial charge is 0.155 e. The Morgan fingerprint density at radius 1 is 1.30 bits per heavy atom. The fourth-order valence-electron chi connectivity index (χ4n) is 6.84. The molecule has 3 saturated carbocycles. The average molecular weight is 312 g/mol. The second kappa shape index (κ2) is 4.96. The van der Waals surface area contributed by atoms with E-state index >= 15 is 0 Å². The number of ketones is 1. The molecular weight excluding hydrogens is 284 g/mol. The zero-order chi connectivity index (χ0) is 16.4. The molecule has 0 bridgehead atoms. The number of fused-ring (bicyclic) bond motifs is 5. The topological polar surface area (TPSA) is 37.3 Å². The zero-order valence-corrected chi connectivity index (χ0v) is 14.3. The maximum atomic E-state index is 11.8. The molecule has 1 N–H and O–H groups in total. The normalized spacial score (nSPS) is 52.0. The van der Waals surface area contributed by atoms with Crippen LogP contribution < -0.4 is 0 Å². The number of aliphatic hydroxyl groups is 1. The highest BCUT2D eigenvalue weighted by Crippen LogP contribution is 2.65. The Morgan fingerprint density at radius 2 is 2.09 bits per heavy atom. The largest absolute Gasteiger partial charge is 0.377 e. The Hall–Kier alpha value is -1.07. The third-order valence-corrected chi connectivity index (χ3v) is 8.03. The summed E-state index contributed by atoms with van der Waals surface area (Å²) in [6.07, 6.45) is 14.5. The zero-order valence-electron chi connectivity index (χ0n) is 14.3. The fraction of sp³-hybridized carbons (Fsp3) is 0.762. The highest BCUT2D eigenvalue weighted by atomic mass is 16.3. The predicted octanol–water partition coefficient (Wildman–Crippen LogP) is 3.74. The summed E-state index contributed by atoms with van der Waals surface area (Å²) < 4.78 is 0. The van der Waals surface area contributed by atoms with E-state index < -0.39 is 5.60 Å². The number of rotatable bonds is 0. The number of hydrogen-bond donors (Lipinski definition) is 1. The molecule has 2 nitrogen and oxygen atoms in total. The van der Waals surface area contributed by atoms with Gasteiger partial charge in [-0.15, -0.1) is 6.42 Å². The van der Waals surface area contributed by atoms with Crippen LogP contribution in [0.1, 0.15) is 58.8 Å². The van der Waals surface area contributed by atoms with Gasteiger partial charge in [-0.3, -0.25) is 4.79 Å². The summed E-state index contributed by atoms with van der Waals surface area (Å²) in [6, 6.07) is 0. The number of carbonyl (C=O) groups excluding carboxylic acids is 1. The van der Waals surface area contributed by atoms with Crippen molar-refractivity contribution in [3.8, 4) is 12.3 Å². The fourth-order valence-corrected chi connectivity index (χ4v) is 6.84. The van der Waals surface area contributed by atoms with Crippen molar-refractivity contribution in [2.45, 2.75) is 64.4 Å². The van der Waals surface area contributed by atoms with E-state index in [0.29, 0.717) is 35.4 Å². The van der Waals surface area contributed by atoms with Crippen molar-refractivity contribution in [2.75, 3.05) is 0 Å². The second-order valence-corrected chi connectivity index (χ2v) is 8.86. The van der Waals surface area contributed by atoms with Gasteiger partial charge in [-0.2, -0.15) is 0 Å². The van der Waals surface area contributed by atoms with Gasteiger partial charge in [0.15, 0.2) is 5.78 Å².